The van der Waals surface area contributed by atoms with Crippen LogP contribution in [0.5, 0.6) is 5.75 Å². The molecule has 2 aromatic rings. The average molecular weight is 371 g/mol. The van der Waals surface area contributed by atoms with Crippen LogP contribution in [0.4, 0.5) is 11.4 Å². The zero-order valence-electron chi connectivity index (χ0n) is 13.0. The number of hydrogen-bond acceptors (Lipinski definition) is 5. The van der Waals surface area contributed by atoms with Crippen LogP contribution in [0.1, 0.15) is 5.56 Å². The van der Waals surface area contributed by atoms with E-state index < -0.39 is 14.9 Å². The average Bonchev–Trinajstić information content (AvgIpc) is 2.52. The lowest BCUT2D eigenvalue weighted by molar-refractivity contribution is -0.384. The second kappa shape index (κ2) is 7.06. The fourth-order valence-electron chi connectivity index (χ4n) is 1.91. The molecule has 0 amide bonds. The van der Waals surface area contributed by atoms with Crippen molar-refractivity contribution in [3.05, 3.63) is 63.2 Å². The van der Waals surface area contributed by atoms with Crippen LogP contribution in [-0.2, 0) is 16.6 Å². The Labute approximate surface area is 144 Å². The second-order valence-electron chi connectivity index (χ2n) is 5.05. The van der Waals surface area contributed by atoms with Crippen LogP contribution in [0.15, 0.2) is 42.5 Å². The highest BCUT2D eigenvalue weighted by Gasteiger charge is 2.20. The molecule has 0 fully saturated rings. The first-order valence-corrected chi connectivity index (χ1v) is 9.00. The first kappa shape index (κ1) is 18.0. The van der Waals surface area contributed by atoms with Gasteiger partial charge in [-0.2, -0.15) is 0 Å². The van der Waals surface area contributed by atoms with Crippen molar-refractivity contribution >= 4 is 33.0 Å². The Hall–Kier alpha value is -2.32. The van der Waals surface area contributed by atoms with E-state index >= 15 is 0 Å². The van der Waals surface area contributed by atoms with Gasteiger partial charge in [-0.15, -0.1) is 0 Å². The summed E-state index contributed by atoms with van der Waals surface area (Å²) in [5.41, 5.74) is 0.822. The third-order valence-electron chi connectivity index (χ3n) is 3.30. The van der Waals surface area contributed by atoms with E-state index in [1.54, 1.807) is 24.3 Å². The maximum absolute atomic E-state index is 11.7. The van der Waals surface area contributed by atoms with Crippen LogP contribution in [-0.4, -0.2) is 26.6 Å². The van der Waals surface area contributed by atoms with Crippen molar-refractivity contribution in [3.8, 4) is 5.75 Å². The fraction of sp³-hybridized carbons (Fsp3) is 0.200. The molecule has 0 spiro atoms. The molecule has 0 saturated heterocycles. The van der Waals surface area contributed by atoms with Crippen molar-refractivity contribution in [3.63, 3.8) is 0 Å². The van der Waals surface area contributed by atoms with Crippen LogP contribution in [0.3, 0.4) is 0 Å². The van der Waals surface area contributed by atoms with Gasteiger partial charge in [-0.25, -0.2) is 8.42 Å². The molecule has 0 aliphatic rings. The molecule has 0 aliphatic heterocycles. The number of halogens is 1. The summed E-state index contributed by atoms with van der Waals surface area (Å²) in [5.74, 6) is 0.104. The Morgan fingerprint density at radius 2 is 1.83 bits per heavy atom. The number of nitro groups is 1. The molecule has 0 heterocycles. The number of benzene rings is 2. The standard InChI is InChI=1S/C15H15ClN2O5S/c1-17(24(2,21)22)14-8-7-13(18(19)20)9-15(14)23-10-11-3-5-12(16)6-4-11/h3-9H,10H2,1-2H3. The maximum Gasteiger partial charge on any atom is 0.273 e. The molecule has 0 aromatic heterocycles. The first-order valence-electron chi connectivity index (χ1n) is 6.78. The summed E-state index contributed by atoms with van der Waals surface area (Å²) in [6.07, 6.45) is 1.04. The first-order chi connectivity index (χ1) is 11.2. The molecule has 128 valence electrons. The summed E-state index contributed by atoms with van der Waals surface area (Å²) < 4.78 is 30.1. The predicted octanol–water partition coefficient (Wildman–Crippen LogP) is 3.22. The van der Waals surface area contributed by atoms with E-state index in [1.807, 2.05) is 0 Å². The van der Waals surface area contributed by atoms with Crippen molar-refractivity contribution in [1.29, 1.82) is 0 Å². The van der Waals surface area contributed by atoms with Crippen molar-refractivity contribution in [1.82, 2.24) is 0 Å². The number of nitro benzene ring substituents is 1. The lowest BCUT2D eigenvalue weighted by atomic mass is 10.2. The van der Waals surface area contributed by atoms with Gasteiger partial charge in [-0.1, -0.05) is 23.7 Å². The third-order valence-corrected chi connectivity index (χ3v) is 4.74. The van der Waals surface area contributed by atoms with Gasteiger partial charge in [0.1, 0.15) is 6.61 Å². The van der Waals surface area contributed by atoms with Gasteiger partial charge in [-0.3, -0.25) is 14.4 Å². The zero-order chi connectivity index (χ0) is 17.9. The fourth-order valence-corrected chi connectivity index (χ4v) is 2.55. The molecule has 0 unspecified atom stereocenters. The van der Waals surface area contributed by atoms with E-state index in [0.717, 1.165) is 16.1 Å². The van der Waals surface area contributed by atoms with E-state index in [4.69, 9.17) is 16.3 Å². The topological polar surface area (TPSA) is 89.8 Å². The highest BCUT2D eigenvalue weighted by molar-refractivity contribution is 7.92. The van der Waals surface area contributed by atoms with Crippen molar-refractivity contribution in [2.45, 2.75) is 6.61 Å². The van der Waals surface area contributed by atoms with Crippen molar-refractivity contribution in [2.75, 3.05) is 17.6 Å². The van der Waals surface area contributed by atoms with Crippen LogP contribution < -0.4 is 9.04 Å². The highest BCUT2D eigenvalue weighted by Crippen LogP contribution is 2.33. The van der Waals surface area contributed by atoms with Crippen LogP contribution in [0.25, 0.3) is 0 Å². The summed E-state index contributed by atoms with van der Waals surface area (Å²) in [5, 5.41) is 11.5. The lowest BCUT2D eigenvalue weighted by Gasteiger charge is -2.20. The molecule has 0 aliphatic carbocycles. The lowest BCUT2D eigenvalue weighted by Crippen LogP contribution is -2.25. The van der Waals surface area contributed by atoms with Gasteiger partial charge >= 0.3 is 0 Å². The minimum Gasteiger partial charge on any atom is -0.486 e. The molecule has 2 rings (SSSR count). The summed E-state index contributed by atoms with van der Waals surface area (Å²) in [6.45, 7) is 0.114. The van der Waals surface area contributed by atoms with Gasteiger partial charge in [0.25, 0.3) is 5.69 Å². The molecule has 9 heteroatoms. The molecule has 2 aromatic carbocycles. The molecule has 0 bridgehead atoms. The Morgan fingerprint density at radius 3 is 2.38 bits per heavy atom. The minimum atomic E-state index is -3.53. The Balaban J connectivity index is 2.35. The number of ether oxygens (including phenoxy) is 1. The van der Waals surface area contributed by atoms with Crippen LogP contribution in [0, 0.1) is 10.1 Å². The number of hydrogen-bond donors (Lipinski definition) is 0. The Kier molecular flexibility index (Phi) is 5.30. The van der Waals surface area contributed by atoms with Gasteiger partial charge in [-0.05, 0) is 23.8 Å². The quantitative estimate of drug-likeness (QED) is 0.575. The van der Waals surface area contributed by atoms with Crippen LogP contribution >= 0.6 is 11.6 Å². The summed E-state index contributed by atoms with van der Waals surface area (Å²) in [4.78, 5) is 10.4. The number of non-ortho nitro benzene ring substituents is 1. The number of nitrogens with zero attached hydrogens (tertiary/aromatic N) is 2. The van der Waals surface area contributed by atoms with Gasteiger partial charge in [0.2, 0.25) is 10.0 Å². The summed E-state index contributed by atoms with van der Waals surface area (Å²) in [7, 11) is -2.18. The predicted molar refractivity (Wildman–Crippen MR) is 92.1 cm³/mol. The Bertz CT molecular complexity index is 853. The van der Waals surface area contributed by atoms with E-state index in [9.17, 15) is 18.5 Å². The molecule has 7 nitrogen and oxygen atoms in total. The molecule has 0 radical (unpaired) electrons. The van der Waals surface area contributed by atoms with Crippen LogP contribution in [0.2, 0.25) is 5.02 Å². The molecular weight excluding hydrogens is 356 g/mol. The summed E-state index contributed by atoms with van der Waals surface area (Å²) >= 11 is 5.81. The molecule has 0 saturated carbocycles. The molecular formula is C15H15ClN2O5S. The van der Waals surface area contributed by atoms with E-state index in [1.165, 1.54) is 25.2 Å². The van der Waals surface area contributed by atoms with Crippen molar-refractivity contribution in [2.24, 2.45) is 0 Å². The monoisotopic (exact) mass is 370 g/mol. The normalized spacial score (nSPS) is 11.1. The second-order valence-corrected chi connectivity index (χ2v) is 7.50. The number of sulfonamides is 1. The summed E-state index contributed by atoms with van der Waals surface area (Å²) in [6, 6.07) is 10.7. The zero-order valence-corrected chi connectivity index (χ0v) is 14.5. The van der Waals surface area contributed by atoms with Gasteiger partial charge in [0.05, 0.1) is 22.9 Å². The minimum absolute atomic E-state index is 0.104. The van der Waals surface area contributed by atoms with Crippen molar-refractivity contribution < 1.29 is 18.1 Å². The van der Waals surface area contributed by atoms with E-state index in [-0.39, 0.29) is 23.7 Å². The maximum atomic E-state index is 11.7. The molecule has 0 atom stereocenters. The van der Waals surface area contributed by atoms with Gasteiger partial charge in [0.15, 0.2) is 5.75 Å². The van der Waals surface area contributed by atoms with Gasteiger partial charge in [0, 0.05) is 18.1 Å². The molecule has 0 N–H and O–H groups in total. The smallest absolute Gasteiger partial charge is 0.273 e. The largest absolute Gasteiger partial charge is 0.486 e. The molecule has 24 heavy (non-hydrogen) atoms. The van der Waals surface area contributed by atoms with E-state index in [0.29, 0.717) is 5.02 Å². The Morgan fingerprint density at radius 1 is 1.21 bits per heavy atom. The van der Waals surface area contributed by atoms with Gasteiger partial charge < -0.3 is 4.74 Å². The van der Waals surface area contributed by atoms with E-state index in [2.05, 4.69) is 0 Å². The number of rotatable bonds is 6. The SMILES string of the molecule is CN(c1ccc([N+](=O)[O-])cc1OCc1ccc(Cl)cc1)S(C)(=O)=O. The third kappa shape index (κ3) is 4.36. The number of anilines is 1. The highest BCUT2D eigenvalue weighted by atomic mass is 35.5.